The monoisotopic (exact) mass is 366 g/mol. The Labute approximate surface area is 161 Å². The van der Waals surface area contributed by atoms with Crippen molar-refractivity contribution in [2.75, 3.05) is 11.5 Å². The van der Waals surface area contributed by atoms with Gasteiger partial charge < -0.3 is 11.5 Å². The molecule has 1 aromatic carbocycles. The summed E-state index contributed by atoms with van der Waals surface area (Å²) in [7, 11) is 0. The van der Waals surface area contributed by atoms with Crippen LogP contribution in [0.2, 0.25) is 0 Å². The van der Waals surface area contributed by atoms with Gasteiger partial charge in [0.15, 0.2) is 5.82 Å². The first-order chi connectivity index (χ1) is 12.8. The maximum absolute atomic E-state index is 6.43. The van der Waals surface area contributed by atoms with E-state index in [0.29, 0.717) is 29.0 Å². The Morgan fingerprint density at radius 2 is 1.89 bits per heavy atom. The van der Waals surface area contributed by atoms with Crippen molar-refractivity contribution in [2.24, 2.45) is 11.8 Å². The highest BCUT2D eigenvalue weighted by Crippen LogP contribution is 2.48. The molecule has 0 aliphatic heterocycles. The van der Waals surface area contributed by atoms with Crippen LogP contribution in [0.3, 0.4) is 0 Å². The Hall–Kier alpha value is -2.63. The molecule has 1 heterocycles. The first-order valence-electron chi connectivity index (χ1n) is 9.61. The maximum Gasteiger partial charge on any atom is 0.185 e. The molecular weight excluding hydrogens is 336 g/mol. The summed E-state index contributed by atoms with van der Waals surface area (Å²) in [6.45, 7) is 8.84. The first kappa shape index (κ1) is 19.1. The van der Waals surface area contributed by atoms with Gasteiger partial charge in [0, 0.05) is 5.92 Å². The molecule has 0 spiro atoms. The van der Waals surface area contributed by atoms with Gasteiger partial charge in [-0.1, -0.05) is 63.3 Å². The molecule has 6 heteroatoms. The molecular formula is C21H30N6. The smallest absolute Gasteiger partial charge is 0.185 e. The summed E-state index contributed by atoms with van der Waals surface area (Å²) < 4.78 is 0. The van der Waals surface area contributed by atoms with E-state index in [1.165, 1.54) is 5.56 Å². The van der Waals surface area contributed by atoms with E-state index in [0.717, 1.165) is 18.4 Å². The third-order valence-corrected chi connectivity index (χ3v) is 5.25. The zero-order valence-electron chi connectivity index (χ0n) is 16.6. The predicted molar refractivity (Wildman–Crippen MR) is 110 cm³/mol. The standard InChI is InChI=1S/C21H30N6/c1-13(2)11-16-15(8-9-18(22)19(16)23)17-7-5-6-10-21(17,12-14(3)4)20-24-26-27-25-20/h5-10,13-14,17H,11-12,22-23H2,1-4H3,(H,24,25,26,27). The zero-order valence-corrected chi connectivity index (χ0v) is 16.6. The molecule has 0 radical (unpaired) electrons. The molecule has 0 fully saturated rings. The van der Waals surface area contributed by atoms with Crippen LogP contribution in [0.15, 0.2) is 36.4 Å². The number of aromatic nitrogens is 4. The minimum absolute atomic E-state index is 0.0687. The second-order valence-electron chi connectivity index (χ2n) is 8.33. The number of benzene rings is 1. The summed E-state index contributed by atoms with van der Waals surface area (Å²) in [5, 5.41) is 15.2. The molecule has 5 N–H and O–H groups in total. The van der Waals surface area contributed by atoms with Gasteiger partial charge in [0.2, 0.25) is 0 Å². The van der Waals surface area contributed by atoms with E-state index in [1.54, 1.807) is 0 Å². The fourth-order valence-corrected chi connectivity index (χ4v) is 4.22. The third kappa shape index (κ3) is 3.61. The van der Waals surface area contributed by atoms with Gasteiger partial charge in [-0.25, -0.2) is 0 Å². The summed E-state index contributed by atoms with van der Waals surface area (Å²) >= 11 is 0. The average Bonchev–Trinajstić information content (AvgIpc) is 3.14. The van der Waals surface area contributed by atoms with Gasteiger partial charge in [0.05, 0.1) is 16.8 Å². The molecule has 144 valence electrons. The number of aromatic amines is 1. The maximum atomic E-state index is 6.43. The normalized spacial score (nSPS) is 22.1. The summed E-state index contributed by atoms with van der Waals surface area (Å²) in [5.41, 5.74) is 15.9. The van der Waals surface area contributed by atoms with Crippen molar-refractivity contribution in [1.82, 2.24) is 20.6 Å². The lowest BCUT2D eigenvalue weighted by Crippen LogP contribution is -2.36. The number of allylic oxidation sites excluding steroid dienone is 4. The number of nitrogens with zero attached hydrogens (tertiary/aromatic N) is 3. The fraction of sp³-hybridized carbons (Fsp3) is 0.476. The van der Waals surface area contributed by atoms with Crippen LogP contribution in [-0.4, -0.2) is 20.6 Å². The van der Waals surface area contributed by atoms with Gasteiger partial charge in [-0.15, -0.1) is 10.2 Å². The van der Waals surface area contributed by atoms with Gasteiger partial charge in [-0.2, -0.15) is 5.21 Å². The average molecular weight is 367 g/mol. The molecule has 1 aliphatic carbocycles. The number of nitrogen functional groups attached to an aromatic ring is 2. The van der Waals surface area contributed by atoms with Crippen LogP contribution in [-0.2, 0) is 11.8 Å². The SMILES string of the molecule is CC(C)Cc1c(C2C=CC=CC2(CC(C)C)c2nn[nH]n2)ccc(N)c1N. The highest BCUT2D eigenvalue weighted by atomic mass is 15.5. The van der Waals surface area contributed by atoms with Crippen LogP contribution in [0, 0.1) is 11.8 Å². The van der Waals surface area contributed by atoms with Crippen molar-refractivity contribution in [2.45, 2.75) is 51.9 Å². The molecule has 0 amide bonds. The molecule has 6 nitrogen and oxygen atoms in total. The molecule has 27 heavy (non-hydrogen) atoms. The van der Waals surface area contributed by atoms with Crippen LogP contribution in [0.25, 0.3) is 0 Å². The van der Waals surface area contributed by atoms with Crippen molar-refractivity contribution in [3.8, 4) is 0 Å². The number of nitrogens with one attached hydrogen (secondary N) is 1. The first-order valence-corrected chi connectivity index (χ1v) is 9.61. The van der Waals surface area contributed by atoms with Gasteiger partial charge >= 0.3 is 0 Å². The van der Waals surface area contributed by atoms with Gasteiger partial charge in [0.1, 0.15) is 0 Å². The number of hydrogen-bond donors (Lipinski definition) is 3. The number of rotatable bonds is 6. The van der Waals surface area contributed by atoms with E-state index in [4.69, 9.17) is 11.5 Å². The van der Waals surface area contributed by atoms with Gasteiger partial charge in [-0.3, -0.25) is 0 Å². The third-order valence-electron chi connectivity index (χ3n) is 5.25. The highest BCUT2D eigenvalue weighted by Gasteiger charge is 2.44. The summed E-state index contributed by atoms with van der Waals surface area (Å²) in [6, 6.07) is 4.03. The Morgan fingerprint density at radius 1 is 1.11 bits per heavy atom. The van der Waals surface area contributed by atoms with E-state index in [9.17, 15) is 0 Å². The van der Waals surface area contributed by atoms with Gasteiger partial charge in [0.25, 0.3) is 0 Å². The molecule has 2 aromatic rings. The molecule has 1 aromatic heterocycles. The van der Waals surface area contributed by atoms with Crippen LogP contribution in [0.4, 0.5) is 11.4 Å². The molecule has 0 saturated heterocycles. The van der Waals surface area contributed by atoms with Gasteiger partial charge in [-0.05, 0) is 41.9 Å². The summed E-state index contributed by atoms with van der Waals surface area (Å²) in [5.74, 6) is 1.72. The van der Waals surface area contributed by atoms with Crippen LogP contribution in [0.1, 0.15) is 57.0 Å². The van der Waals surface area contributed by atoms with E-state index in [2.05, 4.69) is 78.7 Å². The second-order valence-corrected chi connectivity index (χ2v) is 8.33. The van der Waals surface area contributed by atoms with E-state index in [-0.39, 0.29) is 11.3 Å². The molecule has 0 saturated carbocycles. The van der Waals surface area contributed by atoms with Crippen LogP contribution < -0.4 is 11.5 Å². The Bertz CT molecular complexity index is 835. The fourth-order valence-electron chi connectivity index (χ4n) is 4.22. The van der Waals surface area contributed by atoms with Crippen LogP contribution >= 0.6 is 0 Å². The topological polar surface area (TPSA) is 106 Å². The summed E-state index contributed by atoms with van der Waals surface area (Å²) in [6.07, 6.45) is 10.4. The number of anilines is 2. The van der Waals surface area contributed by atoms with E-state index >= 15 is 0 Å². The zero-order chi connectivity index (χ0) is 19.6. The lowest BCUT2D eigenvalue weighted by atomic mass is 9.64. The largest absolute Gasteiger partial charge is 0.397 e. The number of hydrogen-bond acceptors (Lipinski definition) is 5. The minimum Gasteiger partial charge on any atom is -0.397 e. The van der Waals surface area contributed by atoms with Crippen molar-refractivity contribution < 1.29 is 0 Å². The van der Waals surface area contributed by atoms with Crippen LogP contribution in [0.5, 0.6) is 0 Å². The Balaban J connectivity index is 2.20. The Morgan fingerprint density at radius 3 is 2.52 bits per heavy atom. The number of nitrogens with two attached hydrogens (primary N) is 2. The molecule has 2 atom stereocenters. The molecule has 2 unspecified atom stereocenters. The van der Waals surface area contributed by atoms with Crippen molar-refractivity contribution in [3.05, 3.63) is 53.4 Å². The molecule has 0 bridgehead atoms. The van der Waals surface area contributed by atoms with Crippen molar-refractivity contribution >= 4 is 11.4 Å². The molecule has 3 rings (SSSR count). The van der Waals surface area contributed by atoms with E-state index < -0.39 is 0 Å². The van der Waals surface area contributed by atoms with Crippen molar-refractivity contribution in [1.29, 1.82) is 0 Å². The quantitative estimate of drug-likeness (QED) is 0.675. The van der Waals surface area contributed by atoms with E-state index in [1.807, 2.05) is 6.07 Å². The number of tetrazole rings is 1. The Kier molecular flexibility index (Phi) is 5.35. The lowest BCUT2D eigenvalue weighted by molar-refractivity contribution is 0.356. The lowest BCUT2D eigenvalue weighted by Gasteiger charge is -2.39. The summed E-state index contributed by atoms with van der Waals surface area (Å²) in [4.78, 5) is 0. The highest BCUT2D eigenvalue weighted by molar-refractivity contribution is 5.70. The number of H-pyrrole nitrogens is 1. The second kappa shape index (κ2) is 7.55. The van der Waals surface area contributed by atoms with Crippen molar-refractivity contribution in [3.63, 3.8) is 0 Å². The molecule has 1 aliphatic rings. The minimum atomic E-state index is -0.371. The predicted octanol–water partition coefficient (Wildman–Crippen LogP) is 3.76.